The van der Waals surface area contributed by atoms with Crippen molar-refractivity contribution in [3.8, 4) is 5.69 Å². The van der Waals surface area contributed by atoms with Crippen LogP contribution >= 0.6 is 0 Å². The van der Waals surface area contributed by atoms with Crippen LogP contribution in [0.3, 0.4) is 0 Å². The van der Waals surface area contributed by atoms with Crippen molar-refractivity contribution < 1.29 is 9.90 Å². The number of carbonyl (C=O) groups is 1. The summed E-state index contributed by atoms with van der Waals surface area (Å²) in [5.41, 5.74) is 7.88. The Morgan fingerprint density at radius 2 is 1.95 bits per heavy atom. The average Bonchev–Trinajstić information content (AvgIpc) is 2.72. The molecule has 0 atom stereocenters. The minimum Gasteiger partial charge on any atom is -0.480 e. The van der Waals surface area contributed by atoms with Crippen molar-refractivity contribution >= 4 is 5.97 Å². The van der Waals surface area contributed by atoms with E-state index in [4.69, 9.17) is 10.6 Å². The maximum absolute atomic E-state index is 11.9. The summed E-state index contributed by atoms with van der Waals surface area (Å²) in [4.78, 5) is 22.5. The van der Waals surface area contributed by atoms with E-state index in [1.165, 1.54) is 17.0 Å². The van der Waals surface area contributed by atoms with E-state index in [-0.39, 0.29) is 6.54 Å². The van der Waals surface area contributed by atoms with E-state index in [9.17, 15) is 9.59 Å². The third-order valence-electron chi connectivity index (χ3n) is 2.63. The fourth-order valence-electron chi connectivity index (χ4n) is 1.73. The quantitative estimate of drug-likeness (QED) is 0.791. The van der Waals surface area contributed by atoms with Gasteiger partial charge in [0.25, 0.3) is 0 Å². The lowest BCUT2D eigenvalue weighted by Gasteiger charge is -2.02. The summed E-state index contributed by atoms with van der Waals surface area (Å²) < 4.78 is 2.49. The van der Waals surface area contributed by atoms with Crippen LogP contribution in [0.15, 0.2) is 46.6 Å². The van der Waals surface area contributed by atoms with Crippen LogP contribution in [-0.4, -0.2) is 20.2 Å². The zero-order chi connectivity index (χ0) is 13.8. The lowest BCUT2D eigenvalue weighted by molar-refractivity contribution is -0.137. The molecule has 98 valence electrons. The molecule has 2 N–H and O–H groups in total. The first kappa shape index (κ1) is 12.7. The Morgan fingerprint density at radius 3 is 2.53 bits per heavy atom. The summed E-state index contributed by atoms with van der Waals surface area (Å²) in [6.45, 7) is -0.0587. The molecule has 1 heterocycles. The molecule has 7 nitrogen and oxygen atoms in total. The highest BCUT2D eigenvalue weighted by molar-refractivity contribution is 5.66. The van der Waals surface area contributed by atoms with Crippen LogP contribution in [0.1, 0.15) is 5.56 Å². The second-order valence-corrected chi connectivity index (χ2v) is 3.96. The predicted octanol–water partition coefficient (Wildman–Crippen LogP) is 1.25. The van der Waals surface area contributed by atoms with E-state index in [2.05, 4.69) is 5.11 Å². The first-order valence-corrected chi connectivity index (χ1v) is 5.54. The molecule has 0 bridgehead atoms. The molecule has 0 aliphatic rings. The van der Waals surface area contributed by atoms with Crippen LogP contribution in [0.25, 0.3) is 5.69 Å². The summed E-state index contributed by atoms with van der Waals surface area (Å²) in [6, 6.07) is 7.00. The van der Waals surface area contributed by atoms with Crippen molar-refractivity contribution in [1.82, 2.24) is 9.13 Å². The Bertz CT molecular complexity index is 654. The van der Waals surface area contributed by atoms with Gasteiger partial charge in [0.1, 0.15) is 6.54 Å². The number of aromatic nitrogens is 2. The van der Waals surface area contributed by atoms with Gasteiger partial charge in [-0.2, -0.15) is 5.11 Å². The molecule has 1 aromatic heterocycles. The molecule has 1 aromatic carbocycles. The van der Waals surface area contributed by atoms with Gasteiger partial charge in [-0.1, -0.05) is 12.1 Å². The maximum Gasteiger partial charge on any atom is 0.333 e. The van der Waals surface area contributed by atoms with Crippen molar-refractivity contribution in [2.45, 2.75) is 13.1 Å². The topological polar surface area (TPSA) is 100 Å². The van der Waals surface area contributed by atoms with Gasteiger partial charge in [-0.25, -0.2) is 10.3 Å². The number of nitrogens with zero attached hydrogens (tertiary/aromatic N) is 3. The Morgan fingerprint density at radius 1 is 1.26 bits per heavy atom. The highest BCUT2D eigenvalue weighted by Crippen LogP contribution is 2.08. The number of benzene rings is 1. The fourth-order valence-corrected chi connectivity index (χ4v) is 1.73. The number of rotatable bonds is 5. The van der Waals surface area contributed by atoms with Crippen molar-refractivity contribution in [3.63, 3.8) is 0 Å². The normalized spacial score (nSPS) is 10.3. The lowest BCUT2D eigenvalue weighted by Crippen LogP contribution is -2.25. The summed E-state index contributed by atoms with van der Waals surface area (Å²) in [7, 11) is 0. The summed E-state index contributed by atoms with van der Waals surface area (Å²) >= 11 is 0. The number of carboxylic acid groups (broad SMARTS) is 1. The molecule has 19 heavy (non-hydrogen) atoms. The fraction of sp³-hybridized carbons (Fsp3) is 0.167. The molecule has 0 aliphatic carbocycles. The van der Waals surface area contributed by atoms with Crippen LogP contribution in [0.5, 0.6) is 0 Å². The summed E-state index contributed by atoms with van der Waals surface area (Å²) in [5, 5.41) is 11.9. The minimum atomic E-state index is -1.06. The van der Waals surface area contributed by atoms with Gasteiger partial charge in [-0.05, 0) is 17.7 Å². The average molecular weight is 260 g/mol. The van der Waals surface area contributed by atoms with Gasteiger partial charge in [0.2, 0.25) is 0 Å². The van der Waals surface area contributed by atoms with E-state index in [1.807, 2.05) is 0 Å². The van der Waals surface area contributed by atoms with E-state index < -0.39 is 11.7 Å². The standard InChI is InChI=1S/C12H12N4O3/c13-14-7-9-1-3-10(4-2-9)16-6-5-15(12(16)19)8-11(17)18/h1-6,13H,7-8H2,(H,17,18). The highest BCUT2D eigenvalue weighted by atomic mass is 16.4. The van der Waals surface area contributed by atoms with Gasteiger partial charge in [-0.3, -0.25) is 13.9 Å². The minimum absolute atomic E-state index is 0.301. The number of nitrogens with one attached hydrogen (secondary N) is 1. The van der Waals surface area contributed by atoms with Crippen molar-refractivity contribution in [2.75, 3.05) is 0 Å². The molecule has 0 fully saturated rings. The number of aliphatic carboxylic acids is 1. The predicted molar refractivity (Wildman–Crippen MR) is 66.5 cm³/mol. The van der Waals surface area contributed by atoms with Crippen molar-refractivity contribution in [3.05, 3.63) is 52.7 Å². The smallest absolute Gasteiger partial charge is 0.333 e. The van der Waals surface area contributed by atoms with Crippen LogP contribution in [-0.2, 0) is 17.9 Å². The Kier molecular flexibility index (Phi) is 3.56. The molecule has 0 saturated heterocycles. The van der Waals surface area contributed by atoms with Crippen LogP contribution in [0.2, 0.25) is 0 Å². The third-order valence-corrected chi connectivity index (χ3v) is 2.63. The summed E-state index contributed by atoms with van der Waals surface area (Å²) in [6.07, 6.45) is 2.96. The van der Waals surface area contributed by atoms with Crippen LogP contribution < -0.4 is 5.69 Å². The van der Waals surface area contributed by atoms with Gasteiger partial charge in [0, 0.05) is 12.4 Å². The molecule has 0 aliphatic heterocycles. The SMILES string of the molecule is N=NCc1ccc(-n2ccn(CC(=O)O)c2=O)cc1. The molecule has 2 aromatic rings. The van der Waals surface area contributed by atoms with Crippen molar-refractivity contribution in [1.29, 1.82) is 5.53 Å². The largest absolute Gasteiger partial charge is 0.480 e. The number of imidazole rings is 1. The second kappa shape index (κ2) is 5.30. The molecular weight excluding hydrogens is 248 g/mol. The lowest BCUT2D eigenvalue weighted by atomic mass is 10.2. The molecule has 0 spiro atoms. The highest BCUT2D eigenvalue weighted by Gasteiger charge is 2.07. The maximum atomic E-state index is 11.9. The molecule has 7 heteroatoms. The molecular formula is C12H12N4O3. The van der Waals surface area contributed by atoms with Crippen LogP contribution in [0.4, 0.5) is 0 Å². The van der Waals surface area contributed by atoms with Gasteiger partial charge in [-0.15, -0.1) is 0 Å². The molecule has 0 unspecified atom stereocenters. The van der Waals surface area contributed by atoms with Gasteiger partial charge < -0.3 is 5.11 Å². The molecule has 0 amide bonds. The van der Waals surface area contributed by atoms with Gasteiger partial charge >= 0.3 is 11.7 Å². The molecule has 2 rings (SSSR count). The summed E-state index contributed by atoms with van der Waals surface area (Å²) in [5.74, 6) is -1.06. The molecule has 0 radical (unpaired) electrons. The first-order valence-electron chi connectivity index (χ1n) is 5.54. The van der Waals surface area contributed by atoms with E-state index in [1.54, 1.807) is 24.3 Å². The second-order valence-electron chi connectivity index (χ2n) is 3.96. The molecule has 0 saturated carbocycles. The Labute approximate surface area is 108 Å². The van der Waals surface area contributed by atoms with E-state index in [0.29, 0.717) is 12.2 Å². The monoisotopic (exact) mass is 260 g/mol. The zero-order valence-electron chi connectivity index (χ0n) is 9.98. The van der Waals surface area contributed by atoms with Crippen LogP contribution in [0, 0.1) is 5.53 Å². The Hall–Kier alpha value is -2.70. The Balaban J connectivity index is 2.31. The number of hydrogen-bond acceptors (Lipinski definition) is 4. The third kappa shape index (κ3) is 2.76. The van der Waals surface area contributed by atoms with Crippen molar-refractivity contribution in [2.24, 2.45) is 5.11 Å². The van der Waals surface area contributed by atoms with Gasteiger partial charge in [0.15, 0.2) is 0 Å². The number of carboxylic acids is 1. The number of hydrogen-bond donors (Lipinski definition) is 2. The van der Waals surface area contributed by atoms with E-state index in [0.717, 1.165) is 10.1 Å². The first-order chi connectivity index (χ1) is 9.11. The zero-order valence-corrected chi connectivity index (χ0v) is 9.98. The van der Waals surface area contributed by atoms with E-state index >= 15 is 0 Å². The van der Waals surface area contributed by atoms with Gasteiger partial charge in [0.05, 0.1) is 12.2 Å².